The van der Waals surface area contributed by atoms with Crippen LogP contribution in [-0.4, -0.2) is 17.9 Å². The fourth-order valence-electron chi connectivity index (χ4n) is 2.56. The van der Waals surface area contributed by atoms with Crippen LogP contribution >= 0.6 is 0 Å². The molecule has 3 nitrogen and oxygen atoms in total. The number of hydrogen-bond donors (Lipinski definition) is 1. The molecule has 0 aromatic heterocycles. The van der Waals surface area contributed by atoms with Gasteiger partial charge in [-0.2, -0.15) is 0 Å². The molecule has 1 aromatic rings. The molecule has 112 valence electrons. The van der Waals surface area contributed by atoms with Crippen molar-refractivity contribution in [1.29, 1.82) is 0 Å². The Morgan fingerprint density at radius 2 is 1.80 bits per heavy atom. The average molecular weight is 278 g/mol. The lowest BCUT2D eigenvalue weighted by molar-refractivity contribution is 0.0899. The van der Waals surface area contributed by atoms with Gasteiger partial charge in [0.2, 0.25) is 0 Å². The summed E-state index contributed by atoms with van der Waals surface area (Å²) in [5, 5.41) is 8.35. The summed E-state index contributed by atoms with van der Waals surface area (Å²) in [4.78, 5) is 10.2. The molecule has 0 spiro atoms. The number of hydrogen-bond acceptors (Lipinski definition) is 2. The van der Waals surface area contributed by atoms with E-state index in [2.05, 4.69) is 42.0 Å². The van der Waals surface area contributed by atoms with Crippen molar-refractivity contribution in [2.75, 3.05) is 6.61 Å². The first-order chi connectivity index (χ1) is 9.74. The van der Waals surface area contributed by atoms with Crippen LogP contribution in [0.15, 0.2) is 30.3 Å². The standard InChI is InChI=1S/C17H26O3/c1-2-10-15(16-12-7-5-8-13-16)11-6-3-4-9-14-20-17(18)19/h5,7-8,12-13,15H,2-4,6,9-11,14H2,1H3,(H,18,19). The molecule has 1 atom stereocenters. The maximum atomic E-state index is 10.2. The molecule has 1 unspecified atom stereocenters. The highest BCUT2D eigenvalue weighted by Gasteiger charge is 2.09. The molecule has 0 fully saturated rings. The van der Waals surface area contributed by atoms with Gasteiger partial charge in [-0.15, -0.1) is 0 Å². The predicted molar refractivity (Wildman–Crippen MR) is 81.2 cm³/mol. The van der Waals surface area contributed by atoms with Crippen LogP contribution in [0.25, 0.3) is 0 Å². The largest absolute Gasteiger partial charge is 0.505 e. The molecular weight excluding hydrogens is 252 g/mol. The van der Waals surface area contributed by atoms with Crippen molar-refractivity contribution in [3.05, 3.63) is 35.9 Å². The highest BCUT2D eigenvalue weighted by atomic mass is 16.7. The molecular formula is C17H26O3. The third kappa shape index (κ3) is 7.17. The first-order valence-corrected chi connectivity index (χ1v) is 7.64. The van der Waals surface area contributed by atoms with Crippen molar-refractivity contribution in [2.45, 2.75) is 57.8 Å². The summed E-state index contributed by atoms with van der Waals surface area (Å²) in [6, 6.07) is 10.7. The first-order valence-electron chi connectivity index (χ1n) is 7.64. The number of benzene rings is 1. The minimum absolute atomic E-state index is 0.326. The molecule has 0 saturated heterocycles. The number of rotatable bonds is 10. The number of carbonyl (C=O) groups is 1. The van der Waals surface area contributed by atoms with Crippen LogP contribution < -0.4 is 0 Å². The van der Waals surface area contributed by atoms with Crippen LogP contribution in [-0.2, 0) is 4.74 Å². The molecule has 1 rings (SSSR count). The third-order valence-corrected chi connectivity index (χ3v) is 3.58. The van der Waals surface area contributed by atoms with E-state index in [1.54, 1.807) is 0 Å². The zero-order chi connectivity index (χ0) is 14.6. The molecule has 1 aromatic carbocycles. The molecule has 1 N–H and O–H groups in total. The predicted octanol–water partition coefficient (Wildman–Crippen LogP) is 5.22. The third-order valence-electron chi connectivity index (χ3n) is 3.58. The Morgan fingerprint density at radius 1 is 1.10 bits per heavy atom. The Hall–Kier alpha value is -1.51. The van der Waals surface area contributed by atoms with E-state index in [9.17, 15) is 4.79 Å². The Balaban J connectivity index is 2.18. The molecule has 0 amide bonds. The van der Waals surface area contributed by atoms with E-state index in [-0.39, 0.29) is 0 Å². The quantitative estimate of drug-likeness (QED) is 0.471. The summed E-state index contributed by atoms with van der Waals surface area (Å²) < 4.78 is 4.49. The second-order valence-electron chi connectivity index (χ2n) is 5.21. The number of unbranched alkanes of at least 4 members (excludes halogenated alkanes) is 3. The second-order valence-corrected chi connectivity index (χ2v) is 5.21. The maximum Gasteiger partial charge on any atom is 0.505 e. The van der Waals surface area contributed by atoms with Crippen LogP contribution in [0.2, 0.25) is 0 Å². The minimum Gasteiger partial charge on any atom is -0.450 e. The highest BCUT2D eigenvalue weighted by molar-refractivity contribution is 5.56. The molecule has 0 aliphatic heterocycles. The van der Waals surface area contributed by atoms with Gasteiger partial charge in [0.15, 0.2) is 0 Å². The van der Waals surface area contributed by atoms with Crippen molar-refractivity contribution in [3.63, 3.8) is 0 Å². The second kappa shape index (κ2) is 10.3. The van der Waals surface area contributed by atoms with Crippen LogP contribution in [0.1, 0.15) is 63.4 Å². The Kier molecular flexibility index (Phi) is 8.52. The molecule has 3 heteroatoms. The van der Waals surface area contributed by atoms with Crippen molar-refractivity contribution < 1.29 is 14.6 Å². The van der Waals surface area contributed by atoms with Crippen molar-refractivity contribution in [1.82, 2.24) is 0 Å². The van der Waals surface area contributed by atoms with E-state index in [1.807, 2.05) is 0 Å². The molecule has 0 saturated carbocycles. The lowest BCUT2D eigenvalue weighted by atomic mass is 9.89. The smallest absolute Gasteiger partial charge is 0.450 e. The SMILES string of the molecule is CCCC(CCCCCCOC(=O)O)c1ccccc1. The molecule has 0 aliphatic rings. The van der Waals surface area contributed by atoms with Gasteiger partial charge in [-0.3, -0.25) is 0 Å². The molecule has 0 bridgehead atoms. The van der Waals surface area contributed by atoms with Crippen LogP contribution in [0.5, 0.6) is 0 Å². The fraction of sp³-hybridized carbons (Fsp3) is 0.588. The normalized spacial score (nSPS) is 12.1. The van der Waals surface area contributed by atoms with E-state index in [1.165, 1.54) is 31.2 Å². The fourth-order valence-corrected chi connectivity index (χ4v) is 2.56. The molecule has 0 heterocycles. The van der Waals surface area contributed by atoms with Gasteiger partial charge in [0.05, 0.1) is 6.61 Å². The van der Waals surface area contributed by atoms with Crippen molar-refractivity contribution >= 4 is 6.16 Å². The highest BCUT2D eigenvalue weighted by Crippen LogP contribution is 2.27. The Labute approximate surface area is 122 Å². The van der Waals surface area contributed by atoms with E-state index >= 15 is 0 Å². The zero-order valence-electron chi connectivity index (χ0n) is 12.4. The van der Waals surface area contributed by atoms with Gasteiger partial charge in [-0.05, 0) is 30.7 Å². The summed E-state index contributed by atoms with van der Waals surface area (Å²) in [5.41, 5.74) is 1.45. The summed E-state index contributed by atoms with van der Waals surface area (Å²) >= 11 is 0. The van der Waals surface area contributed by atoms with Gasteiger partial charge >= 0.3 is 6.16 Å². The lowest BCUT2D eigenvalue weighted by Gasteiger charge is -2.16. The van der Waals surface area contributed by atoms with Gasteiger partial charge in [0.1, 0.15) is 0 Å². The van der Waals surface area contributed by atoms with E-state index in [4.69, 9.17) is 5.11 Å². The first kappa shape index (κ1) is 16.5. The topological polar surface area (TPSA) is 46.5 Å². The zero-order valence-corrected chi connectivity index (χ0v) is 12.4. The van der Waals surface area contributed by atoms with Gasteiger partial charge in [0.25, 0.3) is 0 Å². The van der Waals surface area contributed by atoms with Crippen molar-refractivity contribution in [3.8, 4) is 0 Å². The molecule has 20 heavy (non-hydrogen) atoms. The average Bonchev–Trinajstić information content (AvgIpc) is 2.45. The monoisotopic (exact) mass is 278 g/mol. The minimum atomic E-state index is -1.17. The summed E-state index contributed by atoms with van der Waals surface area (Å²) in [5.74, 6) is 0.663. The summed E-state index contributed by atoms with van der Waals surface area (Å²) in [6.45, 7) is 2.56. The van der Waals surface area contributed by atoms with Gasteiger partial charge in [-0.1, -0.05) is 62.9 Å². The van der Waals surface area contributed by atoms with Gasteiger partial charge in [0, 0.05) is 0 Å². The lowest BCUT2D eigenvalue weighted by Crippen LogP contribution is -2.02. The van der Waals surface area contributed by atoms with E-state index in [0.29, 0.717) is 12.5 Å². The van der Waals surface area contributed by atoms with Crippen LogP contribution in [0.3, 0.4) is 0 Å². The number of carboxylic acid groups (broad SMARTS) is 1. The van der Waals surface area contributed by atoms with Gasteiger partial charge < -0.3 is 9.84 Å². The van der Waals surface area contributed by atoms with Crippen LogP contribution in [0.4, 0.5) is 4.79 Å². The molecule has 0 radical (unpaired) electrons. The maximum absolute atomic E-state index is 10.2. The Bertz CT molecular complexity index is 362. The van der Waals surface area contributed by atoms with E-state index < -0.39 is 6.16 Å². The summed E-state index contributed by atoms with van der Waals surface area (Å²) in [6.07, 6.45) is 6.73. The van der Waals surface area contributed by atoms with Gasteiger partial charge in [-0.25, -0.2) is 4.79 Å². The summed E-state index contributed by atoms with van der Waals surface area (Å²) in [7, 11) is 0. The van der Waals surface area contributed by atoms with Crippen LogP contribution in [0, 0.1) is 0 Å². The Morgan fingerprint density at radius 3 is 2.45 bits per heavy atom. The van der Waals surface area contributed by atoms with E-state index in [0.717, 1.165) is 19.3 Å². The van der Waals surface area contributed by atoms with Crippen molar-refractivity contribution in [2.24, 2.45) is 0 Å². The number of ether oxygens (including phenoxy) is 1. The molecule has 0 aliphatic carbocycles.